The lowest BCUT2D eigenvalue weighted by atomic mass is 9.91. The zero-order chi connectivity index (χ0) is 11.4. The van der Waals surface area contributed by atoms with Crippen LogP contribution in [0.4, 0.5) is 0 Å². The van der Waals surface area contributed by atoms with Crippen molar-refractivity contribution < 1.29 is 5.11 Å². The minimum atomic E-state index is -0.360. The van der Waals surface area contributed by atoms with E-state index >= 15 is 0 Å². The maximum atomic E-state index is 10.1. The van der Waals surface area contributed by atoms with Gasteiger partial charge in [-0.3, -0.25) is 0 Å². The molecular weight excluding hydrogens is 200 g/mol. The van der Waals surface area contributed by atoms with Crippen molar-refractivity contribution in [3.63, 3.8) is 0 Å². The number of aliphatic hydroxyl groups excluding tert-OH is 1. The molecule has 0 aromatic heterocycles. The van der Waals surface area contributed by atoms with Crippen molar-refractivity contribution in [3.05, 3.63) is 35.4 Å². The van der Waals surface area contributed by atoms with Gasteiger partial charge in [0.15, 0.2) is 0 Å². The molecule has 88 valence electrons. The monoisotopic (exact) mass is 220 g/mol. The first-order valence-electron chi connectivity index (χ1n) is 6.03. The molecule has 1 aromatic carbocycles. The zero-order valence-corrected chi connectivity index (χ0v) is 9.74. The summed E-state index contributed by atoms with van der Waals surface area (Å²) in [5.74, 6) is 0. The molecular formula is C13H20N2O. The maximum Gasteiger partial charge on any atom is 0.0859 e. The van der Waals surface area contributed by atoms with Gasteiger partial charge in [-0.25, -0.2) is 0 Å². The van der Waals surface area contributed by atoms with E-state index in [0.29, 0.717) is 6.54 Å². The normalized spacial score (nSPS) is 21.5. The number of aliphatic hydroxyl groups is 1. The van der Waals surface area contributed by atoms with Crippen molar-refractivity contribution >= 4 is 0 Å². The summed E-state index contributed by atoms with van der Waals surface area (Å²) in [5.41, 5.74) is 2.61. The van der Waals surface area contributed by atoms with Crippen LogP contribution in [0, 0.1) is 0 Å². The lowest BCUT2D eigenvalue weighted by Crippen LogP contribution is -2.42. The topological polar surface area (TPSA) is 44.3 Å². The Bertz CT molecular complexity index is 340. The van der Waals surface area contributed by atoms with Crippen LogP contribution in [0.25, 0.3) is 0 Å². The van der Waals surface area contributed by atoms with Gasteiger partial charge in [0.2, 0.25) is 0 Å². The summed E-state index contributed by atoms with van der Waals surface area (Å²) < 4.78 is 0. The molecule has 16 heavy (non-hydrogen) atoms. The smallest absolute Gasteiger partial charge is 0.0859 e. The second kappa shape index (κ2) is 5.43. The Balaban J connectivity index is 2.12. The number of benzene rings is 1. The zero-order valence-electron chi connectivity index (χ0n) is 9.74. The molecule has 0 aliphatic carbocycles. The van der Waals surface area contributed by atoms with Gasteiger partial charge in [0.1, 0.15) is 0 Å². The predicted octanol–water partition coefficient (Wildman–Crippen LogP) is 0.844. The Kier molecular flexibility index (Phi) is 3.93. The number of rotatable bonds is 4. The van der Waals surface area contributed by atoms with E-state index in [1.165, 1.54) is 11.1 Å². The van der Waals surface area contributed by atoms with Crippen molar-refractivity contribution in [1.82, 2.24) is 10.6 Å². The SMILES string of the molecule is CCNCC(O)C1NCCc2ccccc21. The number of fused-ring (bicyclic) bond motifs is 1. The highest BCUT2D eigenvalue weighted by molar-refractivity contribution is 5.33. The first-order chi connectivity index (χ1) is 7.83. The van der Waals surface area contributed by atoms with Crippen molar-refractivity contribution in [2.45, 2.75) is 25.5 Å². The molecule has 0 spiro atoms. The first kappa shape index (κ1) is 11.6. The summed E-state index contributed by atoms with van der Waals surface area (Å²) in [4.78, 5) is 0. The Morgan fingerprint density at radius 3 is 3.12 bits per heavy atom. The Labute approximate surface area is 96.9 Å². The molecule has 1 aliphatic heterocycles. The van der Waals surface area contributed by atoms with Crippen LogP contribution >= 0.6 is 0 Å². The standard InChI is InChI=1S/C13H20N2O/c1-2-14-9-12(16)13-11-6-4-3-5-10(11)7-8-15-13/h3-6,12-16H,2,7-9H2,1H3. The van der Waals surface area contributed by atoms with E-state index in [-0.39, 0.29) is 12.1 Å². The van der Waals surface area contributed by atoms with Gasteiger partial charge in [-0.05, 0) is 30.6 Å². The fourth-order valence-electron chi connectivity index (χ4n) is 2.29. The highest BCUT2D eigenvalue weighted by atomic mass is 16.3. The van der Waals surface area contributed by atoms with Crippen molar-refractivity contribution in [2.24, 2.45) is 0 Å². The molecule has 0 saturated heterocycles. The molecule has 2 atom stereocenters. The number of hydrogen-bond donors (Lipinski definition) is 3. The Morgan fingerprint density at radius 2 is 2.31 bits per heavy atom. The third kappa shape index (κ3) is 2.43. The fourth-order valence-corrected chi connectivity index (χ4v) is 2.29. The van der Waals surface area contributed by atoms with Crippen LogP contribution < -0.4 is 10.6 Å². The Hall–Kier alpha value is -0.900. The lowest BCUT2D eigenvalue weighted by Gasteiger charge is -2.30. The third-order valence-electron chi connectivity index (χ3n) is 3.14. The molecule has 1 aliphatic rings. The van der Waals surface area contributed by atoms with Crippen molar-refractivity contribution in [3.8, 4) is 0 Å². The summed E-state index contributed by atoms with van der Waals surface area (Å²) in [5, 5.41) is 16.7. The molecule has 0 amide bonds. The van der Waals surface area contributed by atoms with Gasteiger partial charge in [0, 0.05) is 6.54 Å². The molecule has 0 saturated carbocycles. The van der Waals surface area contributed by atoms with Gasteiger partial charge < -0.3 is 15.7 Å². The highest BCUT2D eigenvalue weighted by Gasteiger charge is 2.25. The van der Waals surface area contributed by atoms with Gasteiger partial charge in [0.25, 0.3) is 0 Å². The average Bonchev–Trinajstić information content (AvgIpc) is 2.35. The van der Waals surface area contributed by atoms with E-state index in [1.54, 1.807) is 0 Å². The largest absolute Gasteiger partial charge is 0.390 e. The van der Waals surface area contributed by atoms with Crippen LogP contribution in [0.1, 0.15) is 24.1 Å². The van der Waals surface area contributed by atoms with Crippen LogP contribution in [-0.2, 0) is 6.42 Å². The van der Waals surface area contributed by atoms with E-state index in [9.17, 15) is 5.11 Å². The van der Waals surface area contributed by atoms with Crippen LogP contribution in [0.3, 0.4) is 0 Å². The van der Waals surface area contributed by atoms with Crippen LogP contribution in [0.5, 0.6) is 0 Å². The molecule has 3 nitrogen and oxygen atoms in total. The highest BCUT2D eigenvalue weighted by Crippen LogP contribution is 2.24. The van der Waals surface area contributed by atoms with E-state index in [4.69, 9.17) is 0 Å². The van der Waals surface area contributed by atoms with Gasteiger partial charge in [-0.15, -0.1) is 0 Å². The minimum Gasteiger partial charge on any atom is -0.390 e. The second-order valence-corrected chi connectivity index (χ2v) is 4.26. The molecule has 0 radical (unpaired) electrons. The molecule has 0 bridgehead atoms. The molecule has 1 heterocycles. The average molecular weight is 220 g/mol. The van der Waals surface area contributed by atoms with Gasteiger partial charge in [-0.2, -0.15) is 0 Å². The number of hydrogen-bond acceptors (Lipinski definition) is 3. The summed E-state index contributed by atoms with van der Waals surface area (Å²) in [6, 6.07) is 8.45. The molecule has 3 heteroatoms. The van der Waals surface area contributed by atoms with Gasteiger partial charge >= 0.3 is 0 Å². The maximum absolute atomic E-state index is 10.1. The first-order valence-corrected chi connectivity index (χ1v) is 6.03. The lowest BCUT2D eigenvalue weighted by molar-refractivity contribution is 0.123. The summed E-state index contributed by atoms with van der Waals surface area (Å²) in [6.45, 7) is 4.54. The van der Waals surface area contributed by atoms with Gasteiger partial charge in [0.05, 0.1) is 12.1 Å². The summed E-state index contributed by atoms with van der Waals surface area (Å²) in [6.07, 6.45) is 0.696. The molecule has 0 fully saturated rings. The number of nitrogens with one attached hydrogen (secondary N) is 2. The van der Waals surface area contributed by atoms with Crippen molar-refractivity contribution in [1.29, 1.82) is 0 Å². The van der Waals surface area contributed by atoms with E-state index in [2.05, 4.69) is 35.8 Å². The third-order valence-corrected chi connectivity index (χ3v) is 3.14. The van der Waals surface area contributed by atoms with Crippen LogP contribution in [0.2, 0.25) is 0 Å². The van der Waals surface area contributed by atoms with Gasteiger partial charge in [-0.1, -0.05) is 31.2 Å². The van der Waals surface area contributed by atoms with E-state index in [1.807, 2.05) is 6.07 Å². The molecule has 2 rings (SSSR count). The van der Waals surface area contributed by atoms with Crippen molar-refractivity contribution in [2.75, 3.05) is 19.6 Å². The second-order valence-electron chi connectivity index (χ2n) is 4.26. The van der Waals surface area contributed by atoms with E-state index in [0.717, 1.165) is 19.5 Å². The molecule has 1 aromatic rings. The fraction of sp³-hybridized carbons (Fsp3) is 0.538. The Morgan fingerprint density at radius 1 is 1.50 bits per heavy atom. The quantitative estimate of drug-likeness (QED) is 0.704. The molecule has 2 unspecified atom stereocenters. The number of likely N-dealkylation sites (N-methyl/N-ethyl adjacent to an activating group) is 1. The van der Waals surface area contributed by atoms with E-state index < -0.39 is 0 Å². The van der Waals surface area contributed by atoms with Crippen LogP contribution in [0.15, 0.2) is 24.3 Å². The minimum absolute atomic E-state index is 0.0731. The van der Waals surface area contributed by atoms with Crippen LogP contribution in [-0.4, -0.2) is 30.8 Å². The summed E-state index contributed by atoms with van der Waals surface area (Å²) in [7, 11) is 0. The summed E-state index contributed by atoms with van der Waals surface area (Å²) >= 11 is 0. The molecule has 3 N–H and O–H groups in total. The predicted molar refractivity (Wildman–Crippen MR) is 65.4 cm³/mol.